The van der Waals surface area contributed by atoms with Gasteiger partial charge in [-0.05, 0) is 56.8 Å². The summed E-state index contributed by atoms with van der Waals surface area (Å²) < 4.78 is 23.1. The van der Waals surface area contributed by atoms with Crippen molar-refractivity contribution in [2.75, 3.05) is 44.7 Å². The van der Waals surface area contributed by atoms with Gasteiger partial charge in [0.2, 0.25) is 0 Å². The van der Waals surface area contributed by atoms with Crippen molar-refractivity contribution in [3.8, 4) is 17.1 Å². The number of carboxylic acid groups (broad SMARTS) is 1. The Morgan fingerprint density at radius 2 is 2.02 bits per heavy atom. The van der Waals surface area contributed by atoms with E-state index < -0.39 is 11.9 Å². The van der Waals surface area contributed by atoms with Crippen LogP contribution in [-0.4, -0.2) is 93.1 Å². The third-order valence-electron chi connectivity index (χ3n) is 10.1. The van der Waals surface area contributed by atoms with E-state index >= 15 is 4.39 Å². The molecule has 3 aliphatic rings. The van der Waals surface area contributed by atoms with Gasteiger partial charge in [-0.3, -0.25) is 5.10 Å². The normalized spacial score (nSPS) is 23.9. The second kappa shape index (κ2) is 10.7. The molecule has 0 saturated carbocycles. The summed E-state index contributed by atoms with van der Waals surface area (Å²) in [7, 11) is 2.08. The van der Waals surface area contributed by atoms with Crippen molar-refractivity contribution in [1.29, 1.82) is 0 Å². The molecule has 10 nitrogen and oxygen atoms in total. The number of carbonyl (C=O) groups is 1. The molecule has 1 amide bonds. The smallest absolute Gasteiger partial charge is 0.407 e. The lowest BCUT2D eigenvalue weighted by Gasteiger charge is -2.59. The van der Waals surface area contributed by atoms with E-state index in [0.29, 0.717) is 48.5 Å². The Kier molecular flexibility index (Phi) is 7.12. The lowest BCUT2D eigenvalue weighted by Crippen LogP contribution is -2.71. The Morgan fingerprint density at radius 1 is 1.22 bits per heavy atom. The van der Waals surface area contributed by atoms with Crippen LogP contribution in [0.2, 0.25) is 5.02 Å². The van der Waals surface area contributed by atoms with Crippen molar-refractivity contribution in [3.05, 3.63) is 40.8 Å². The number of ether oxygens (including phenoxy) is 1. The summed E-state index contributed by atoms with van der Waals surface area (Å²) in [6.45, 7) is 11.3. The highest BCUT2D eigenvalue weighted by atomic mass is 35.5. The number of rotatable bonds is 5. The molecule has 2 aromatic carbocycles. The second-order valence-corrected chi connectivity index (χ2v) is 14.6. The zero-order valence-electron chi connectivity index (χ0n) is 26.3. The van der Waals surface area contributed by atoms with Gasteiger partial charge < -0.3 is 24.5 Å². The molecular formula is C33H39ClFN7O3. The van der Waals surface area contributed by atoms with E-state index in [2.05, 4.69) is 52.8 Å². The number of fused-ring (bicyclic) bond motifs is 2. The summed E-state index contributed by atoms with van der Waals surface area (Å²) in [6, 6.07) is 5.83. The van der Waals surface area contributed by atoms with Crippen LogP contribution in [0.15, 0.2) is 24.4 Å². The Labute approximate surface area is 266 Å². The Bertz CT molecular complexity index is 1820. The number of hydrogen-bond donors (Lipinski definition) is 2. The average molecular weight is 636 g/mol. The maximum atomic E-state index is 16.9. The highest BCUT2D eigenvalue weighted by Gasteiger charge is 2.61. The van der Waals surface area contributed by atoms with E-state index in [1.54, 1.807) is 17.2 Å². The van der Waals surface area contributed by atoms with Crippen LogP contribution in [0.5, 0.6) is 6.01 Å². The molecule has 238 valence electrons. The third-order valence-corrected chi connectivity index (χ3v) is 10.4. The Balaban J connectivity index is 1.34. The van der Waals surface area contributed by atoms with Gasteiger partial charge in [-0.25, -0.2) is 9.18 Å². The van der Waals surface area contributed by atoms with E-state index in [1.807, 2.05) is 19.1 Å². The molecule has 3 aliphatic heterocycles. The van der Waals surface area contributed by atoms with Gasteiger partial charge in [0.1, 0.15) is 17.9 Å². The number of halogens is 2. The predicted molar refractivity (Wildman–Crippen MR) is 173 cm³/mol. The maximum Gasteiger partial charge on any atom is 0.407 e. The van der Waals surface area contributed by atoms with Crippen LogP contribution in [0.4, 0.5) is 15.0 Å². The molecule has 0 aliphatic carbocycles. The predicted octanol–water partition coefficient (Wildman–Crippen LogP) is 6.35. The molecule has 5 heterocycles. The van der Waals surface area contributed by atoms with Gasteiger partial charge >= 0.3 is 12.1 Å². The highest BCUT2D eigenvalue weighted by Crippen LogP contribution is 2.53. The Morgan fingerprint density at radius 3 is 2.73 bits per heavy atom. The number of amides is 1. The fourth-order valence-corrected chi connectivity index (χ4v) is 8.51. The quantitative estimate of drug-likeness (QED) is 0.261. The van der Waals surface area contributed by atoms with E-state index in [-0.39, 0.29) is 45.0 Å². The summed E-state index contributed by atoms with van der Waals surface area (Å²) in [4.78, 5) is 27.6. The van der Waals surface area contributed by atoms with Crippen LogP contribution in [0.1, 0.15) is 45.6 Å². The van der Waals surface area contributed by atoms with Gasteiger partial charge in [0, 0.05) is 59.0 Å². The van der Waals surface area contributed by atoms with Gasteiger partial charge in [0.05, 0.1) is 16.7 Å². The van der Waals surface area contributed by atoms with E-state index in [4.69, 9.17) is 21.3 Å². The topological polar surface area (TPSA) is 111 Å². The summed E-state index contributed by atoms with van der Waals surface area (Å²) in [6.07, 6.45) is 3.71. The minimum absolute atomic E-state index is 0.121. The van der Waals surface area contributed by atoms with Gasteiger partial charge in [0.25, 0.3) is 0 Å². The molecule has 3 saturated heterocycles. The van der Waals surface area contributed by atoms with Crippen molar-refractivity contribution in [3.63, 3.8) is 0 Å². The van der Waals surface area contributed by atoms with Crippen LogP contribution in [0, 0.1) is 23.6 Å². The van der Waals surface area contributed by atoms with Crippen molar-refractivity contribution in [1.82, 2.24) is 30.0 Å². The molecule has 0 radical (unpaired) electrons. The minimum atomic E-state index is -0.900. The van der Waals surface area contributed by atoms with Crippen LogP contribution in [0.3, 0.4) is 0 Å². The Hall–Kier alpha value is -3.70. The first-order valence-electron chi connectivity index (χ1n) is 15.6. The SMILES string of the molecule is Cc1ccc2cn[nH]c2c1-c1c(Cl)cc2c(N3CCC4(C3)CN(C(=O)O)C4C(C)(C)C)nc(OC[C@@H]3CCCN3C)nc2c1F. The second-order valence-electron chi connectivity index (χ2n) is 14.2. The van der Waals surface area contributed by atoms with Crippen molar-refractivity contribution < 1.29 is 19.0 Å². The van der Waals surface area contributed by atoms with Gasteiger partial charge in [-0.15, -0.1) is 0 Å². The number of benzene rings is 2. The number of likely N-dealkylation sites (tertiary alicyclic amines) is 2. The first-order valence-corrected chi connectivity index (χ1v) is 16.0. The third kappa shape index (κ3) is 4.86. The first kappa shape index (κ1) is 30.0. The van der Waals surface area contributed by atoms with E-state index in [9.17, 15) is 9.90 Å². The zero-order valence-corrected chi connectivity index (χ0v) is 27.1. The molecule has 2 unspecified atom stereocenters. The van der Waals surface area contributed by atoms with Crippen molar-refractivity contribution in [2.45, 2.75) is 59.0 Å². The molecule has 2 aromatic heterocycles. The number of H-pyrrole nitrogens is 1. The van der Waals surface area contributed by atoms with Crippen LogP contribution < -0.4 is 9.64 Å². The van der Waals surface area contributed by atoms with E-state index in [0.717, 1.165) is 36.8 Å². The maximum absolute atomic E-state index is 16.9. The van der Waals surface area contributed by atoms with Crippen LogP contribution in [-0.2, 0) is 0 Å². The van der Waals surface area contributed by atoms with Gasteiger partial charge in [-0.1, -0.05) is 44.5 Å². The zero-order chi connectivity index (χ0) is 31.8. The molecular weight excluding hydrogens is 597 g/mol. The molecule has 7 rings (SSSR count). The standard InChI is InChI=1S/C33H39ClFN7O3/c1-18-8-9-19-14-36-39-26(19)23(18)24-22(34)13-21-27(25(24)35)37-30(45-15-20-7-6-11-40(20)5)38-28(21)41-12-10-33(16-41)17-42(31(43)44)29(33)32(2,3)4/h8-9,13-14,20,29H,6-7,10-12,15-17H2,1-5H3,(H,36,39)(H,43,44)/t20-,29?,33?/m0/s1. The summed E-state index contributed by atoms with van der Waals surface area (Å²) in [5, 5.41) is 18.7. The van der Waals surface area contributed by atoms with Crippen LogP contribution >= 0.6 is 11.6 Å². The number of hydrogen-bond acceptors (Lipinski definition) is 7. The number of aromatic amines is 1. The first-order chi connectivity index (χ1) is 21.4. The number of aryl methyl sites for hydroxylation is 1. The molecule has 12 heteroatoms. The van der Waals surface area contributed by atoms with Crippen LogP contribution in [0.25, 0.3) is 32.9 Å². The molecule has 4 aromatic rings. The van der Waals surface area contributed by atoms with E-state index in [1.165, 1.54) is 0 Å². The molecule has 1 spiro atoms. The summed E-state index contributed by atoms with van der Waals surface area (Å²) >= 11 is 6.94. The number of aromatic nitrogens is 4. The largest absolute Gasteiger partial charge is 0.465 e. The monoisotopic (exact) mass is 635 g/mol. The molecule has 3 fully saturated rings. The minimum Gasteiger partial charge on any atom is -0.465 e. The summed E-state index contributed by atoms with van der Waals surface area (Å²) in [5.74, 6) is 0.00765. The lowest BCUT2D eigenvalue weighted by atomic mass is 9.61. The number of nitrogens with zero attached hydrogens (tertiary/aromatic N) is 6. The highest BCUT2D eigenvalue weighted by molar-refractivity contribution is 6.35. The molecule has 0 bridgehead atoms. The average Bonchev–Trinajstić information content (AvgIpc) is 3.71. The molecule has 45 heavy (non-hydrogen) atoms. The van der Waals surface area contributed by atoms with Crippen molar-refractivity contribution in [2.24, 2.45) is 10.8 Å². The summed E-state index contributed by atoms with van der Waals surface area (Å²) in [5.41, 5.74) is 2.09. The molecule has 3 atom stereocenters. The van der Waals surface area contributed by atoms with Gasteiger partial charge in [-0.2, -0.15) is 15.1 Å². The lowest BCUT2D eigenvalue weighted by molar-refractivity contribution is -0.0946. The fourth-order valence-electron chi connectivity index (χ4n) is 8.22. The number of anilines is 1. The fraction of sp³-hybridized carbons (Fsp3) is 0.515. The number of nitrogens with one attached hydrogen (secondary N) is 1. The number of likely N-dealkylation sites (N-methyl/N-ethyl adjacent to an activating group) is 1. The molecule has 2 N–H and O–H groups in total. The van der Waals surface area contributed by atoms with Crippen molar-refractivity contribution >= 4 is 45.3 Å². The van der Waals surface area contributed by atoms with Gasteiger partial charge in [0.15, 0.2) is 5.82 Å².